The lowest BCUT2D eigenvalue weighted by Crippen LogP contribution is -2.49. The molecule has 4 heteroatoms. The van der Waals surface area contributed by atoms with E-state index < -0.39 is 0 Å². The highest BCUT2D eigenvalue weighted by atomic mass is 32.2. The van der Waals surface area contributed by atoms with E-state index in [4.69, 9.17) is 0 Å². The van der Waals surface area contributed by atoms with E-state index in [2.05, 4.69) is 17.6 Å². The van der Waals surface area contributed by atoms with Gasteiger partial charge in [0.1, 0.15) is 0 Å². The Morgan fingerprint density at radius 1 is 1.16 bits per heavy atom. The Bertz CT molecular complexity index is 307. The molecule has 19 heavy (non-hydrogen) atoms. The number of hydrogen-bond acceptors (Lipinski definition) is 3. The van der Waals surface area contributed by atoms with Gasteiger partial charge in [0.15, 0.2) is 0 Å². The second-order valence-corrected chi connectivity index (χ2v) is 8.13. The zero-order valence-electron chi connectivity index (χ0n) is 12.4. The molecular formula is C15H28N2OS. The monoisotopic (exact) mass is 284 g/mol. The second kappa shape index (κ2) is 6.49. The van der Waals surface area contributed by atoms with Crippen LogP contribution in [0.15, 0.2) is 0 Å². The summed E-state index contributed by atoms with van der Waals surface area (Å²) in [6, 6.07) is 0. The maximum absolute atomic E-state index is 12.2. The quantitative estimate of drug-likeness (QED) is 0.815. The summed E-state index contributed by atoms with van der Waals surface area (Å²) in [7, 11) is 2.01. The van der Waals surface area contributed by atoms with Gasteiger partial charge in [0.05, 0.1) is 0 Å². The Kier molecular flexibility index (Phi) is 5.18. The van der Waals surface area contributed by atoms with Gasteiger partial charge in [-0.2, -0.15) is 11.8 Å². The van der Waals surface area contributed by atoms with Crippen molar-refractivity contribution < 1.29 is 4.79 Å². The van der Waals surface area contributed by atoms with Gasteiger partial charge in [0.25, 0.3) is 0 Å². The van der Waals surface area contributed by atoms with E-state index in [1.807, 2.05) is 18.8 Å². The van der Waals surface area contributed by atoms with Crippen LogP contribution in [0.5, 0.6) is 0 Å². The van der Waals surface area contributed by atoms with E-state index in [0.717, 1.165) is 19.4 Å². The van der Waals surface area contributed by atoms with Gasteiger partial charge in [-0.15, -0.1) is 0 Å². The molecule has 1 saturated heterocycles. The zero-order chi connectivity index (χ0) is 13.8. The fourth-order valence-corrected chi connectivity index (χ4v) is 4.62. The van der Waals surface area contributed by atoms with Crippen molar-refractivity contribution >= 4 is 17.7 Å². The highest BCUT2D eigenvalue weighted by molar-refractivity contribution is 8.00. The number of amides is 1. The van der Waals surface area contributed by atoms with Crippen molar-refractivity contribution in [2.75, 3.05) is 19.3 Å². The van der Waals surface area contributed by atoms with E-state index in [0.29, 0.717) is 6.42 Å². The van der Waals surface area contributed by atoms with Crippen molar-refractivity contribution in [3.63, 3.8) is 0 Å². The van der Waals surface area contributed by atoms with Gasteiger partial charge in [0.2, 0.25) is 5.91 Å². The summed E-state index contributed by atoms with van der Waals surface area (Å²) >= 11 is 2.01. The van der Waals surface area contributed by atoms with Crippen LogP contribution >= 0.6 is 11.8 Å². The lowest BCUT2D eigenvalue weighted by atomic mass is 9.79. The molecule has 0 aromatic heterocycles. The molecule has 1 aliphatic heterocycles. The Morgan fingerprint density at radius 3 is 2.47 bits per heavy atom. The molecule has 110 valence electrons. The van der Waals surface area contributed by atoms with Gasteiger partial charge in [-0.05, 0) is 45.4 Å². The first kappa shape index (κ1) is 15.2. The highest BCUT2D eigenvalue weighted by Gasteiger charge is 2.34. The molecule has 0 bridgehead atoms. The molecule has 2 fully saturated rings. The number of nitrogens with one attached hydrogen (secondary N) is 2. The minimum absolute atomic E-state index is 0.0616. The smallest absolute Gasteiger partial charge is 0.221 e. The standard InChI is InChI=1S/C15H28N2OS/c1-14(7-6-10-19-14)12-17-13(18)11-15(16-2)8-4-3-5-9-15/h16H,3-12H2,1-2H3,(H,17,18). The molecule has 1 atom stereocenters. The average Bonchev–Trinajstić information content (AvgIpc) is 2.85. The van der Waals surface area contributed by atoms with Crippen molar-refractivity contribution in [3.8, 4) is 0 Å². The van der Waals surface area contributed by atoms with Gasteiger partial charge in [0, 0.05) is 23.3 Å². The number of hydrogen-bond donors (Lipinski definition) is 2. The summed E-state index contributed by atoms with van der Waals surface area (Å²) in [5.74, 6) is 1.47. The normalized spacial score (nSPS) is 30.2. The summed E-state index contributed by atoms with van der Waals surface area (Å²) in [6.07, 6.45) is 9.27. The maximum Gasteiger partial charge on any atom is 0.221 e. The molecule has 1 saturated carbocycles. The zero-order valence-corrected chi connectivity index (χ0v) is 13.2. The van der Waals surface area contributed by atoms with E-state index in [1.54, 1.807) is 0 Å². The van der Waals surface area contributed by atoms with Crippen LogP contribution in [0.2, 0.25) is 0 Å². The van der Waals surface area contributed by atoms with Gasteiger partial charge < -0.3 is 10.6 Å². The molecular weight excluding hydrogens is 256 g/mol. The molecule has 2 N–H and O–H groups in total. The lowest BCUT2D eigenvalue weighted by Gasteiger charge is -2.37. The van der Waals surface area contributed by atoms with E-state index in [9.17, 15) is 4.79 Å². The van der Waals surface area contributed by atoms with Gasteiger partial charge >= 0.3 is 0 Å². The molecule has 1 amide bonds. The number of rotatable bonds is 5. The van der Waals surface area contributed by atoms with Crippen LogP contribution in [-0.2, 0) is 4.79 Å². The van der Waals surface area contributed by atoms with Crippen LogP contribution in [0.1, 0.15) is 58.3 Å². The number of carbonyl (C=O) groups is 1. The fourth-order valence-electron chi connectivity index (χ4n) is 3.38. The maximum atomic E-state index is 12.2. The van der Waals surface area contributed by atoms with Gasteiger partial charge in [-0.1, -0.05) is 19.3 Å². The third-order valence-electron chi connectivity index (χ3n) is 4.80. The molecule has 1 heterocycles. The molecule has 3 nitrogen and oxygen atoms in total. The van der Waals surface area contributed by atoms with E-state index >= 15 is 0 Å². The van der Waals surface area contributed by atoms with Crippen molar-refractivity contribution in [3.05, 3.63) is 0 Å². The van der Waals surface area contributed by atoms with Gasteiger partial charge in [-0.25, -0.2) is 0 Å². The van der Waals surface area contributed by atoms with E-state index in [1.165, 1.54) is 37.9 Å². The average molecular weight is 284 g/mol. The molecule has 0 aromatic rings. The lowest BCUT2D eigenvalue weighted by molar-refractivity contribution is -0.123. The number of carbonyl (C=O) groups excluding carboxylic acids is 1. The Labute approximate surface area is 121 Å². The minimum atomic E-state index is 0.0616. The first-order valence-electron chi connectivity index (χ1n) is 7.67. The number of thioether (sulfide) groups is 1. The van der Waals surface area contributed by atoms with Crippen molar-refractivity contribution in [1.29, 1.82) is 0 Å². The first-order chi connectivity index (χ1) is 9.08. The predicted molar refractivity (Wildman–Crippen MR) is 82.6 cm³/mol. The van der Waals surface area contributed by atoms with Gasteiger partial charge in [-0.3, -0.25) is 4.79 Å². The summed E-state index contributed by atoms with van der Waals surface area (Å²) in [4.78, 5) is 12.2. The van der Waals surface area contributed by atoms with Crippen LogP contribution in [0.25, 0.3) is 0 Å². The van der Waals surface area contributed by atoms with Crippen LogP contribution in [0.3, 0.4) is 0 Å². The van der Waals surface area contributed by atoms with Crippen LogP contribution in [-0.4, -0.2) is 35.5 Å². The van der Waals surface area contributed by atoms with Crippen molar-refractivity contribution in [1.82, 2.24) is 10.6 Å². The largest absolute Gasteiger partial charge is 0.355 e. The summed E-state index contributed by atoms with van der Waals surface area (Å²) in [5.41, 5.74) is 0.0616. The molecule has 2 aliphatic rings. The third-order valence-corrected chi connectivity index (χ3v) is 6.34. The highest BCUT2D eigenvalue weighted by Crippen LogP contribution is 2.37. The Morgan fingerprint density at radius 2 is 1.89 bits per heavy atom. The molecule has 1 aliphatic carbocycles. The SMILES string of the molecule is CNC1(CC(=O)NCC2(C)CCCS2)CCCCC1. The summed E-state index contributed by atoms with van der Waals surface area (Å²) in [6.45, 7) is 3.11. The fraction of sp³-hybridized carbons (Fsp3) is 0.933. The molecule has 0 aromatic carbocycles. The molecule has 0 spiro atoms. The summed E-state index contributed by atoms with van der Waals surface area (Å²) < 4.78 is 0.273. The molecule has 2 rings (SSSR count). The molecule has 1 unspecified atom stereocenters. The topological polar surface area (TPSA) is 41.1 Å². The van der Waals surface area contributed by atoms with Crippen LogP contribution in [0.4, 0.5) is 0 Å². The second-order valence-electron chi connectivity index (χ2n) is 6.45. The van der Waals surface area contributed by atoms with Crippen molar-refractivity contribution in [2.45, 2.75) is 68.6 Å². The van der Waals surface area contributed by atoms with E-state index in [-0.39, 0.29) is 16.2 Å². The third kappa shape index (κ3) is 4.12. The van der Waals surface area contributed by atoms with Crippen molar-refractivity contribution in [2.24, 2.45) is 0 Å². The van der Waals surface area contributed by atoms with Crippen LogP contribution < -0.4 is 10.6 Å². The summed E-state index contributed by atoms with van der Waals surface area (Å²) in [5, 5.41) is 6.59. The first-order valence-corrected chi connectivity index (χ1v) is 8.66. The van der Waals surface area contributed by atoms with Crippen LogP contribution in [0, 0.1) is 0 Å². The predicted octanol–water partition coefficient (Wildman–Crippen LogP) is 2.70. The Balaban J connectivity index is 1.79. The Hall–Kier alpha value is -0.220. The minimum Gasteiger partial charge on any atom is -0.355 e. The molecule has 0 radical (unpaired) electrons.